The summed E-state index contributed by atoms with van der Waals surface area (Å²) in [6.07, 6.45) is 0.569. The molecule has 0 spiro atoms. The molecule has 1 N–H and O–H groups in total. The van der Waals surface area contributed by atoms with Crippen molar-refractivity contribution in [2.45, 2.75) is 63.4 Å². The lowest BCUT2D eigenvalue weighted by atomic mass is 9.69. The molecule has 2 aliphatic heterocycles. The van der Waals surface area contributed by atoms with Crippen molar-refractivity contribution in [3.05, 3.63) is 35.9 Å². The number of carbonyl (C=O) groups excluding carboxylic acids is 2. The quantitative estimate of drug-likeness (QED) is 0.814. The number of carbonyl (C=O) groups is 2. The molecule has 0 aliphatic carbocycles. The average molecular weight is 415 g/mol. The molecule has 30 heavy (non-hydrogen) atoms. The second kappa shape index (κ2) is 8.15. The third-order valence-corrected chi connectivity index (χ3v) is 5.57. The lowest BCUT2D eigenvalue weighted by molar-refractivity contribution is -0.169. The smallest absolute Gasteiger partial charge is 0.411 e. The molecule has 3 rings (SSSR count). The molecule has 0 bridgehead atoms. The van der Waals surface area contributed by atoms with Crippen molar-refractivity contribution in [2.24, 2.45) is 0 Å². The number of nitriles is 1. The molecular weight excluding hydrogens is 386 g/mol. The summed E-state index contributed by atoms with van der Waals surface area (Å²) in [4.78, 5) is 27.8. The highest BCUT2D eigenvalue weighted by molar-refractivity contribution is 5.72. The molecule has 1 aromatic rings. The monoisotopic (exact) mass is 415 g/mol. The Balaban J connectivity index is 1.68. The van der Waals surface area contributed by atoms with E-state index >= 15 is 0 Å². The lowest BCUT2D eigenvalue weighted by Gasteiger charge is -2.57. The molecule has 8 nitrogen and oxygen atoms in total. The predicted octanol–water partition coefficient (Wildman–Crippen LogP) is 3.05. The maximum atomic E-state index is 12.8. The standard InChI is InChI=1S/C22H29N3O5/c1-20(2,3)30-19(27)25-12-8-7-11-21(25,14-23)22(28)15-24(16-22)18(26)29-13-17-9-5-4-6-10-17/h4-6,9-10,28H,7-8,11-13,15-16H2,1-3H3. The summed E-state index contributed by atoms with van der Waals surface area (Å²) in [6.45, 7) is 5.56. The van der Waals surface area contributed by atoms with Gasteiger partial charge in [0.05, 0.1) is 19.2 Å². The number of hydrogen-bond donors (Lipinski definition) is 1. The Bertz CT molecular complexity index is 823. The van der Waals surface area contributed by atoms with Gasteiger partial charge >= 0.3 is 12.2 Å². The molecule has 1 atom stereocenters. The molecule has 0 radical (unpaired) electrons. The number of rotatable bonds is 3. The number of nitrogens with zero attached hydrogens (tertiary/aromatic N) is 3. The van der Waals surface area contributed by atoms with Crippen LogP contribution in [0.1, 0.15) is 45.6 Å². The highest BCUT2D eigenvalue weighted by Crippen LogP contribution is 2.43. The number of benzene rings is 1. The van der Waals surface area contributed by atoms with Crippen LogP contribution >= 0.6 is 0 Å². The fourth-order valence-corrected chi connectivity index (χ4v) is 4.03. The van der Waals surface area contributed by atoms with Crippen LogP contribution in [0.5, 0.6) is 0 Å². The fraction of sp³-hybridized carbons (Fsp3) is 0.591. The van der Waals surface area contributed by atoms with Gasteiger partial charge in [-0.3, -0.25) is 4.90 Å². The zero-order valence-corrected chi connectivity index (χ0v) is 17.8. The van der Waals surface area contributed by atoms with E-state index in [2.05, 4.69) is 6.07 Å². The van der Waals surface area contributed by atoms with Gasteiger partial charge in [0.25, 0.3) is 0 Å². The van der Waals surface area contributed by atoms with E-state index in [1.165, 1.54) is 9.80 Å². The predicted molar refractivity (Wildman–Crippen MR) is 108 cm³/mol. The molecule has 0 saturated carbocycles. The number of hydrogen-bond acceptors (Lipinski definition) is 6. The highest BCUT2D eigenvalue weighted by Gasteiger charge is 2.64. The molecule has 1 unspecified atom stereocenters. The van der Waals surface area contributed by atoms with Gasteiger partial charge in [-0.1, -0.05) is 30.3 Å². The summed E-state index contributed by atoms with van der Waals surface area (Å²) < 4.78 is 10.8. The largest absolute Gasteiger partial charge is 0.445 e. The topological polar surface area (TPSA) is 103 Å². The number of aliphatic hydroxyl groups is 1. The first-order valence-electron chi connectivity index (χ1n) is 10.2. The normalized spacial score (nSPS) is 23.2. The van der Waals surface area contributed by atoms with Crippen LogP contribution in [0, 0.1) is 11.3 Å². The van der Waals surface area contributed by atoms with Crippen molar-refractivity contribution < 1.29 is 24.2 Å². The van der Waals surface area contributed by atoms with Gasteiger partial charge in [0.15, 0.2) is 5.54 Å². The van der Waals surface area contributed by atoms with Gasteiger partial charge in [0.1, 0.15) is 17.8 Å². The zero-order chi connectivity index (χ0) is 22.0. The minimum atomic E-state index is -1.54. The van der Waals surface area contributed by atoms with E-state index in [0.717, 1.165) is 12.0 Å². The second-order valence-corrected chi connectivity index (χ2v) is 8.99. The Hall–Kier alpha value is -2.79. The summed E-state index contributed by atoms with van der Waals surface area (Å²) in [5.41, 5.74) is -2.83. The van der Waals surface area contributed by atoms with Crippen molar-refractivity contribution in [1.82, 2.24) is 9.80 Å². The van der Waals surface area contributed by atoms with Gasteiger partial charge in [-0.25, -0.2) is 9.59 Å². The molecular formula is C22H29N3O5. The Morgan fingerprint density at radius 2 is 1.83 bits per heavy atom. The van der Waals surface area contributed by atoms with E-state index in [9.17, 15) is 20.0 Å². The Labute approximate surface area is 177 Å². The molecule has 2 fully saturated rings. The Kier molecular flexibility index (Phi) is 5.95. The number of piperidine rings is 1. The van der Waals surface area contributed by atoms with Gasteiger partial charge in [0.2, 0.25) is 0 Å². The van der Waals surface area contributed by atoms with Crippen LogP contribution in [0.2, 0.25) is 0 Å². The van der Waals surface area contributed by atoms with E-state index < -0.39 is 28.9 Å². The number of amides is 2. The van der Waals surface area contributed by atoms with Crippen LogP contribution < -0.4 is 0 Å². The van der Waals surface area contributed by atoms with Crippen LogP contribution in [-0.4, -0.2) is 63.5 Å². The summed E-state index contributed by atoms with van der Waals surface area (Å²) >= 11 is 0. The van der Waals surface area contributed by atoms with Gasteiger partial charge in [-0.2, -0.15) is 5.26 Å². The third kappa shape index (κ3) is 4.21. The van der Waals surface area contributed by atoms with E-state index in [0.29, 0.717) is 19.4 Å². The summed E-state index contributed by atoms with van der Waals surface area (Å²) in [5, 5.41) is 21.3. The molecule has 2 heterocycles. The van der Waals surface area contributed by atoms with Crippen LogP contribution in [-0.2, 0) is 16.1 Å². The van der Waals surface area contributed by atoms with Crippen molar-refractivity contribution >= 4 is 12.2 Å². The summed E-state index contributed by atoms with van der Waals surface area (Å²) in [7, 11) is 0. The van der Waals surface area contributed by atoms with Gasteiger partial charge in [-0.05, 0) is 45.6 Å². The minimum Gasteiger partial charge on any atom is -0.445 e. The number of likely N-dealkylation sites (tertiary alicyclic amines) is 2. The number of β-amino-alcohol motifs (C(OH)–C–C–N with tert-alkyl or cyclic N) is 1. The molecule has 1 aromatic carbocycles. The van der Waals surface area contributed by atoms with E-state index in [1.54, 1.807) is 20.8 Å². The van der Waals surface area contributed by atoms with E-state index in [-0.39, 0.29) is 19.7 Å². The van der Waals surface area contributed by atoms with Crippen molar-refractivity contribution in [3.63, 3.8) is 0 Å². The first kappa shape index (κ1) is 21.9. The van der Waals surface area contributed by atoms with Gasteiger partial charge in [-0.15, -0.1) is 0 Å². The molecule has 2 saturated heterocycles. The highest BCUT2D eigenvalue weighted by atomic mass is 16.6. The maximum Gasteiger partial charge on any atom is 0.411 e. The second-order valence-electron chi connectivity index (χ2n) is 8.99. The first-order chi connectivity index (χ1) is 14.1. The van der Waals surface area contributed by atoms with Crippen LogP contribution in [0.4, 0.5) is 9.59 Å². The van der Waals surface area contributed by atoms with Crippen molar-refractivity contribution in [3.8, 4) is 6.07 Å². The SMILES string of the molecule is CC(C)(C)OC(=O)N1CCCCC1(C#N)C1(O)CN(C(=O)OCc2ccccc2)C1. The minimum absolute atomic E-state index is 0.0759. The molecule has 2 aliphatic rings. The third-order valence-electron chi connectivity index (χ3n) is 5.57. The Morgan fingerprint density at radius 3 is 2.43 bits per heavy atom. The first-order valence-corrected chi connectivity index (χ1v) is 10.2. The summed E-state index contributed by atoms with van der Waals surface area (Å²) in [5.74, 6) is 0. The van der Waals surface area contributed by atoms with E-state index in [1.807, 2.05) is 30.3 Å². The molecule has 162 valence electrons. The van der Waals surface area contributed by atoms with Crippen LogP contribution in [0.3, 0.4) is 0 Å². The van der Waals surface area contributed by atoms with Gasteiger partial charge < -0.3 is 19.5 Å². The number of ether oxygens (including phenoxy) is 2. The van der Waals surface area contributed by atoms with Gasteiger partial charge in [0, 0.05) is 6.54 Å². The maximum absolute atomic E-state index is 12.8. The molecule has 2 amide bonds. The fourth-order valence-electron chi connectivity index (χ4n) is 4.03. The van der Waals surface area contributed by atoms with E-state index in [4.69, 9.17) is 9.47 Å². The molecule has 0 aromatic heterocycles. The average Bonchev–Trinajstić information content (AvgIpc) is 2.68. The van der Waals surface area contributed by atoms with Crippen molar-refractivity contribution in [2.75, 3.05) is 19.6 Å². The van der Waals surface area contributed by atoms with Crippen molar-refractivity contribution in [1.29, 1.82) is 5.26 Å². The van der Waals surface area contributed by atoms with Crippen LogP contribution in [0.15, 0.2) is 30.3 Å². The Morgan fingerprint density at radius 1 is 1.17 bits per heavy atom. The lowest BCUT2D eigenvalue weighted by Crippen LogP contribution is -2.79. The molecule has 8 heteroatoms. The zero-order valence-electron chi connectivity index (χ0n) is 17.8. The summed E-state index contributed by atoms with van der Waals surface area (Å²) in [6, 6.07) is 11.5. The van der Waals surface area contributed by atoms with Crippen LogP contribution in [0.25, 0.3) is 0 Å².